The van der Waals surface area contributed by atoms with Crippen LogP contribution in [-0.2, 0) is 27.9 Å². The van der Waals surface area contributed by atoms with E-state index in [2.05, 4.69) is 62.5 Å². The summed E-state index contributed by atoms with van der Waals surface area (Å²) < 4.78 is 34.6. The highest BCUT2D eigenvalue weighted by Crippen LogP contribution is 2.38. The topological polar surface area (TPSA) is 94.1 Å². The van der Waals surface area contributed by atoms with Gasteiger partial charge < -0.3 is 27.9 Å². The van der Waals surface area contributed by atoms with Crippen molar-refractivity contribution >= 4 is 13.8 Å². The van der Waals surface area contributed by atoms with Crippen LogP contribution in [0.3, 0.4) is 0 Å². The summed E-state index contributed by atoms with van der Waals surface area (Å²) in [7, 11) is 1.37. The average molecular weight is 796 g/mol. The molecule has 0 radical (unpaired) electrons. The first-order chi connectivity index (χ1) is 26.6. The van der Waals surface area contributed by atoms with Crippen LogP contribution in [0.25, 0.3) is 0 Å². The van der Waals surface area contributed by atoms with Crippen molar-refractivity contribution in [3.63, 3.8) is 0 Å². The van der Waals surface area contributed by atoms with Gasteiger partial charge in [-0.25, -0.2) is 0 Å². The van der Waals surface area contributed by atoms with Crippen molar-refractivity contribution in [1.29, 1.82) is 0 Å². The zero-order valence-electron chi connectivity index (χ0n) is 36.4. The second kappa shape index (κ2) is 39.3. The highest BCUT2D eigenvalue weighted by atomic mass is 31.2. The Morgan fingerprint density at radius 3 is 1.49 bits per heavy atom. The number of phosphoric acid groups is 1. The molecule has 0 N–H and O–H groups in total. The van der Waals surface area contributed by atoms with Crippen LogP contribution in [0.4, 0.5) is 0 Å². The quantitative estimate of drug-likeness (QED) is 0.0200. The molecule has 322 valence electrons. The van der Waals surface area contributed by atoms with E-state index < -0.39 is 13.9 Å². The fourth-order valence-corrected chi connectivity index (χ4v) is 6.59. The second-order valence-electron chi connectivity index (χ2n) is 16.0. The molecule has 0 aromatic heterocycles. The van der Waals surface area contributed by atoms with E-state index in [0.717, 1.165) is 57.8 Å². The molecule has 0 amide bonds. The van der Waals surface area contributed by atoms with E-state index >= 15 is 0 Å². The third-order valence-electron chi connectivity index (χ3n) is 9.42. The maximum absolute atomic E-state index is 12.5. The number of hydrogen-bond acceptors (Lipinski definition) is 7. The van der Waals surface area contributed by atoms with Gasteiger partial charge in [0.05, 0.1) is 27.7 Å². The summed E-state index contributed by atoms with van der Waals surface area (Å²) in [4.78, 5) is 24.9. The summed E-state index contributed by atoms with van der Waals surface area (Å²) in [6.45, 7) is 5.17. The van der Waals surface area contributed by atoms with E-state index in [0.29, 0.717) is 24.1 Å². The first-order valence-corrected chi connectivity index (χ1v) is 23.8. The first kappa shape index (κ1) is 53.5. The van der Waals surface area contributed by atoms with Crippen LogP contribution < -0.4 is 4.89 Å². The number of carbonyl (C=O) groups excluding carboxylic acids is 1. The van der Waals surface area contributed by atoms with E-state index in [1.54, 1.807) is 0 Å². The predicted molar refractivity (Wildman–Crippen MR) is 231 cm³/mol. The summed E-state index contributed by atoms with van der Waals surface area (Å²) in [5.74, 6) is -0.284. The second-order valence-corrected chi connectivity index (χ2v) is 17.5. The van der Waals surface area contributed by atoms with Crippen molar-refractivity contribution < 1.29 is 37.3 Å². The van der Waals surface area contributed by atoms with Gasteiger partial charge in [-0.2, -0.15) is 0 Å². The fourth-order valence-electron chi connectivity index (χ4n) is 5.86. The van der Waals surface area contributed by atoms with Gasteiger partial charge in [-0.15, -0.1) is 0 Å². The van der Waals surface area contributed by atoms with E-state index in [4.69, 9.17) is 18.5 Å². The molecule has 1 unspecified atom stereocenters. The molecule has 0 aliphatic rings. The molecule has 0 saturated carbocycles. The lowest BCUT2D eigenvalue weighted by molar-refractivity contribution is -0.870. The van der Waals surface area contributed by atoms with Crippen LogP contribution in [-0.4, -0.2) is 70.7 Å². The van der Waals surface area contributed by atoms with Gasteiger partial charge in [-0.3, -0.25) is 9.36 Å². The standard InChI is InChI=1S/C46H86NO7P/c1-6-8-10-12-14-16-18-20-22-23-24-26-28-30-32-34-36-38-41-51-45(44-54-55(49,50)53-42-40-47(3,4)5)43-52-46(48)39-37-35-33-31-29-27-25-21-19-17-15-13-11-9-7-2/h14,16,20,22,24,26,30,32,45H,6-13,15,17-19,21,23,25,27-29,31,33-44H2,1-5H3/b16-14-,22-20-,26-24-,32-30-/t45-/m1/s1. The maximum Gasteiger partial charge on any atom is 0.305 e. The fraction of sp³-hybridized carbons (Fsp3) is 0.804. The summed E-state index contributed by atoms with van der Waals surface area (Å²) >= 11 is 0. The molecule has 0 saturated heterocycles. The van der Waals surface area contributed by atoms with Gasteiger partial charge in [0.15, 0.2) is 0 Å². The smallest absolute Gasteiger partial charge is 0.305 e. The number of likely N-dealkylation sites (N-methyl/N-ethyl adjacent to an activating group) is 1. The van der Waals surface area contributed by atoms with Crippen molar-refractivity contribution in [3.05, 3.63) is 48.6 Å². The lowest BCUT2D eigenvalue weighted by Crippen LogP contribution is -2.37. The maximum atomic E-state index is 12.5. The zero-order chi connectivity index (χ0) is 40.6. The summed E-state index contributed by atoms with van der Waals surface area (Å²) in [5.41, 5.74) is 0. The summed E-state index contributed by atoms with van der Waals surface area (Å²) in [6, 6.07) is 0. The van der Waals surface area contributed by atoms with E-state index in [-0.39, 0.29) is 25.8 Å². The number of rotatable bonds is 41. The molecule has 8 nitrogen and oxygen atoms in total. The van der Waals surface area contributed by atoms with Crippen LogP contribution in [0.5, 0.6) is 0 Å². The number of esters is 1. The summed E-state index contributed by atoms with van der Waals surface area (Å²) in [6.07, 6.45) is 47.1. The highest BCUT2D eigenvalue weighted by Gasteiger charge is 2.19. The van der Waals surface area contributed by atoms with E-state index in [1.165, 1.54) is 103 Å². The SMILES string of the molecule is CCCCC/C=C\C/C=C\C/C=C\C/C=C\CCCCO[C@H](COC(=O)CCCCCCCCCCCCCCCCC)COP(=O)([O-])OCC[N+](C)(C)C. The first-order valence-electron chi connectivity index (χ1n) is 22.4. The monoisotopic (exact) mass is 796 g/mol. The molecule has 0 aliphatic carbocycles. The normalized spacial score (nSPS) is 14.2. The van der Waals surface area contributed by atoms with Gasteiger partial charge >= 0.3 is 5.97 Å². The Morgan fingerprint density at radius 2 is 1.00 bits per heavy atom. The Bertz CT molecular complexity index is 1020. The molecule has 0 aromatic carbocycles. The van der Waals surface area contributed by atoms with Gasteiger partial charge in [0.25, 0.3) is 7.82 Å². The molecule has 0 aliphatic heterocycles. The Labute approximate surface area is 339 Å². The van der Waals surface area contributed by atoms with Crippen molar-refractivity contribution in [2.45, 2.75) is 187 Å². The van der Waals surface area contributed by atoms with Gasteiger partial charge in [0.1, 0.15) is 25.9 Å². The number of hydrogen-bond donors (Lipinski definition) is 0. The van der Waals surface area contributed by atoms with E-state index in [1.807, 2.05) is 21.1 Å². The third kappa shape index (κ3) is 43.4. The molecule has 0 rings (SSSR count). The van der Waals surface area contributed by atoms with Crippen molar-refractivity contribution in [2.75, 3.05) is 54.1 Å². The molecule has 0 spiro atoms. The van der Waals surface area contributed by atoms with Gasteiger partial charge in [0.2, 0.25) is 0 Å². The average Bonchev–Trinajstić information content (AvgIpc) is 3.14. The number of allylic oxidation sites excluding steroid dienone is 8. The van der Waals surface area contributed by atoms with Crippen LogP contribution in [0.15, 0.2) is 48.6 Å². The van der Waals surface area contributed by atoms with Crippen LogP contribution in [0.2, 0.25) is 0 Å². The number of carbonyl (C=O) groups is 1. The third-order valence-corrected chi connectivity index (χ3v) is 10.4. The minimum Gasteiger partial charge on any atom is -0.756 e. The Kier molecular flexibility index (Phi) is 38.2. The summed E-state index contributed by atoms with van der Waals surface area (Å²) in [5, 5.41) is 0. The van der Waals surface area contributed by atoms with Gasteiger partial charge in [-0.05, 0) is 57.8 Å². The van der Waals surface area contributed by atoms with Crippen LogP contribution in [0, 0.1) is 0 Å². The van der Waals surface area contributed by atoms with Crippen LogP contribution in [0.1, 0.15) is 181 Å². The molecule has 0 aromatic rings. The number of unbranched alkanes of at least 4 members (excludes halogenated alkanes) is 19. The zero-order valence-corrected chi connectivity index (χ0v) is 37.3. The minimum absolute atomic E-state index is 0.0293. The Balaban J connectivity index is 4.31. The molecule has 0 heterocycles. The van der Waals surface area contributed by atoms with Gasteiger partial charge in [-0.1, -0.05) is 165 Å². The minimum atomic E-state index is -4.51. The van der Waals surface area contributed by atoms with Crippen molar-refractivity contribution in [2.24, 2.45) is 0 Å². The Morgan fingerprint density at radius 1 is 0.564 bits per heavy atom. The van der Waals surface area contributed by atoms with Crippen LogP contribution >= 0.6 is 7.82 Å². The van der Waals surface area contributed by atoms with Crippen molar-refractivity contribution in [1.82, 2.24) is 0 Å². The lowest BCUT2D eigenvalue weighted by Gasteiger charge is -2.28. The number of nitrogens with zero attached hydrogens (tertiary/aromatic N) is 1. The lowest BCUT2D eigenvalue weighted by atomic mass is 10.0. The molecule has 55 heavy (non-hydrogen) atoms. The molecular weight excluding hydrogens is 709 g/mol. The largest absolute Gasteiger partial charge is 0.756 e. The molecule has 9 heteroatoms. The molecule has 2 atom stereocenters. The molecule has 0 fully saturated rings. The number of ether oxygens (including phenoxy) is 2. The molecular formula is C46H86NO7P. The molecule has 0 bridgehead atoms. The highest BCUT2D eigenvalue weighted by molar-refractivity contribution is 7.45. The van der Waals surface area contributed by atoms with Crippen molar-refractivity contribution in [3.8, 4) is 0 Å². The number of quaternary nitrogens is 1. The predicted octanol–water partition coefficient (Wildman–Crippen LogP) is 12.5. The number of phosphoric ester groups is 1. The van der Waals surface area contributed by atoms with Gasteiger partial charge in [0, 0.05) is 13.0 Å². The Hall–Kier alpha value is -1.54. The van der Waals surface area contributed by atoms with E-state index in [9.17, 15) is 14.3 Å².